The maximum atomic E-state index is 11.5. The Kier molecular flexibility index (Phi) is 5.51. The summed E-state index contributed by atoms with van der Waals surface area (Å²) in [6.45, 7) is 6.45. The molecule has 1 saturated carbocycles. The first-order valence-corrected chi connectivity index (χ1v) is 6.41. The van der Waals surface area contributed by atoms with Gasteiger partial charge in [0.05, 0.1) is 0 Å². The zero-order valence-corrected chi connectivity index (χ0v) is 10.9. The molecule has 0 aromatic rings. The van der Waals surface area contributed by atoms with Crippen molar-refractivity contribution in [2.45, 2.75) is 59.3 Å². The van der Waals surface area contributed by atoms with Gasteiger partial charge < -0.3 is 0 Å². The van der Waals surface area contributed by atoms with E-state index in [4.69, 9.17) is 0 Å². The van der Waals surface area contributed by atoms with Crippen molar-refractivity contribution in [2.75, 3.05) is 0 Å². The summed E-state index contributed by atoms with van der Waals surface area (Å²) in [4.78, 5) is 11.5. The third-order valence-electron chi connectivity index (χ3n) is 3.27. The van der Waals surface area contributed by atoms with Crippen LogP contribution in [-0.2, 0) is 4.79 Å². The van der Waals surface area contributed by atoms with Crippen LogP contribution in [0.15, 0.2) is 23.3 Å². The average molecular weight is 220 g/mol. The molecule has 0 amide bonds. The fraction of sp³-hybridized carbons (Fsp3) is 0.667. The van der Waals surface area contributed by atoms with Gasteiger partial charge in [-0.15, -0.1) is 0 Å². The number of Topliss-reactive ketones (excluding diaryl/α,β-unsaturated/α-hetero) is 1. The molecule has 90 valence electrons. The minimum absolute atomic E-state index is 0.332. The maximum Gasteiger partial charge on any atom is 0.136 e. The van der Waals surface area contributed by atoms with E-state index in [9.17, 15) is 4.79 Å². The van der Waals surface area contributed by atoms with Crippen LogP contribution in [0.1, 0.15) is 59.3 Å². The van der Waals surface area contributed by atoms with E-state index in [0.717, 1.165) is 38.5 Å². The van der Waals surface area contributed by atoms with E-state index in [1.54, 1.807) is 0 Å². The van der Waals surface area contributed by atoms with Crippen LogP contribution in [0.4, 0.5) is 0 Å². The van der Waals surface area contributed by atoms with Crippen molar-refractivity contribution in [1.82, 2.24) is 0 Å². The second kappa shape index (κ2) is 6.67. The summed E-state index contributed by atoms with van der Waals surface area (Å²) in [7, 11) is 0. The molecule has 1 aliphatic carbocycles. The predicted molar refractivity (Wildman–Crippen MR) is 69.4 cm³/mol. The van der Waals surface area contributed by atoms with Crippen LogP contribution < -0.4 is 0 Å². The van der Waals surface area contributed by atoms with E-state index in [2.05, 4.69) is 32.9 Å². The molecular weight excluding hydrogens is 196 g/mol. The molecule has 0 unspecified atom stereocenters. The summed E-state index contributed by atoms with van der Waals surface area (Å²) in [5, 5.41) is 0. The van der Waals surface area contributed by atoms with Crippen LogP contribution in [-0.4, -0.2) is 5.78 Å². The van der Waals surface area contributed by atoms with Gasteiger partial charge in [-0.3, -0.25) is 4.79 Å². The van der Waals surface area contributed by atoms with Gasteiger partial charge in [0.15, 0.2) is 0 Å². The van der Waals surface area contributed by atoms with Gasteiger partial charge in [-0.1, -0.05) is 23.3 Å². The Morgan fingerprint density at radius 3 is 2.62 bits per heavy atom. The second-order valence-electron chi connectivity index (χ2n) is 5.16. The molecule has 0 heterocycles. The van der Waals surface area contributed by atoms with E-state index in [1.807, 2.05) is 0 Å². The van der Waals surface area contributed by atoms with Crippen LogP contribution in [0.25, 0.3) is 0 Å². The van der Waals surface area contributed by atoms with E-state index >= 15 is 0 Å². The summed E-state index contributed by atoms with van der Waals surface area (Å²) >= 11 is 0. The number of hydrogen-bond donors (Lipinski definition) is 0. The van der Waals surface area contributed by atoms with Crippen LogP contribution >= 0.6 is 0 Å². The summed E-state index contributed by atoms with van der Waals surface area (Å²) in [6, 6.07) is 0. The van der Waals surface area contributed by atoms with Gasteiger partial charge in [0.25, 0.3) is 0 Å². The molecule has 0 aromatic heterocycles. The molecule has 0 spiro atoms. The number of hydrogen-bond acceptors (Lipinski definition) is 1. The minimum Gasteiger partial charge on any atom is -0.299 e. The molecule has 1 aliphatic rings. The molecule has 1 atom stereocenters. The number of carbonyl (C=O) groups excluding carboxylic acids is 1. The smallest absolute Gasteiger partial charge is 0.136 e. The normalized spacial score (nSPS) is 21.3. The fourth-order valence-corrected chi connectivity index (χ4v) is 2.17. The third-order valence-corrected chi connectivity index (χ3v) is 3.27. The van der Waals surface area contributed by atoms with Crippen molar-refractivity contribution in [3.63, 3.8) is 0 Å². The lowest BCUT2D eigenvalue weighted by molar-refractivity contribution is -0.120. The highest BCUT2D eigenvalue weighted by Gasteiger charge is 2.22. The average Bonchev–Trinajstić information content (AvgIpc) is 2.60. The van der Waals surface area contributed by atoms with Crippen molar-refractivity contribution >= 4 is 5.78 Å². The summed E-state index contributed by atoms with van der Waals surface area (Å²) in [6.07, 6.45) is 10.8. The fourth-order valence-electron chi connectivity index (χ4n) is 2.17. The maximum absolute atomic E-state index is 11.5. The molecule has 0 aromatic carbocycles. The van der Waals surface area contributed by atoms with Crippen molar-refractivity contribution in [2.24, 2.45) is 5.92 Å². The van der Waals surface area contributed by atoms with Crippen LogP contribution in [0, 0.1) is 5.92 Å². The van der Waals surface area contributed by atoms with Gasteiger partial charge in [0, 0.05) is 12.3 Å². The van der Waals surface area contributed by atoms with Crippen molar-refractivity contribution in [3.05, 3.63) is 23.3 Å². The highest BCUT2D eigenvalue weighted by atomic mass is 16.1. The van der Waals surface area contributed by atoms with Gasteiger partial charge >= 0.3 is 0 Å². The number of rotatable bonds is 5. The zero-order chi connectivity index (χ0) is 12.0. The Balaban J connectivity index is 2.28. The summed E-state index contributed by atoms with van der Waals surface area (Å²) in [5.74, 6) is 0.812. The van der Waals surface area contributed by atoms with E-state index in [1.165, 1.54) is 11.1 Å². The Hall–Kier alpha value is -0.850. The lowest BCUT2D eigenvalue weighted by Gasteiger charge is -2.05. The van der Waals surface area contributed by atoms with Gasteiger partial charge in [0.2, 0.25) is 0 Å². The van der Waals surface area contributed by atoms with Crippen molar-refractivity contribution in [1.29, 1.82) is 0 Å². The molecule has 16 heavy (non-hydrogen) atoms. The first kappa shape index (κ1) is 13.2. The molecule has 0 radical (unpaired) electrons. The van der Waals surface area contributed by atoms with Crippen molar-refractivity contribution < 1.29 is 4.79 Å². The molecule has 1 heteroatoms. The third kappa shape index (κ3) is 4.78. The first-order chi connectivity index (χ1) is 7.59. The molecule has 1 fully saturated rings. The van der Waals surface area contributed by atoms with Crippen LogP contribution in [0.3, 0.4) is 0 Å². The first-order valence-electron chi connectivity index (χ1n) is 6.41. The lowest BCUT2D eigenvalue weighted by atomic mass is 10.00. The molecule has 0 saturated heterocycles. The van der Waals surface area contributed by atoms with Crippen LogP contribution in [0.5, 0.6) is 0 Å². The molecule has 1 nitrogen and oxygen atoms in total. The van der Waals surface area contributed by atoms with E-state index < -0.39 is 0 Å². The predicted octanol–water partition coefficient (Wildman–Crippen LogP) is 4.44. The Morgan fingerprint density at radius 2 is 2.06 bits per heavy atom. The lowest BCUT2D eigenvalue weighted by Crippen LogP contribution is -2.04. The quantitative estimate of drug-likeness (QED) is 0.626. The van der Waals surface area contributed by atoms with Gasteiger partial charge in [-0.25, -0.2) is 0 Å². The molecular formula is C15H24O. The highest BCUT2D eigenvalue weighted by Crippen LogP contribution is 2.25. The Bertz CT molecular complexity index is 293. The molecule has 0 N–H and O–H groups in total. The summed E-state index contributed by atoms with van der Waals surface area (Å²) < 4.78 is 0. The summed E-state index contributed by atoms with van der Waals surface area (Å²) in [5.41, 5.74) is 2.82. The highest BCUT2D eigenvalue weighted by molar-refractivity contribution is 5.82. The van der Waals surface area contributed by atoms with Gasteiger partial charge in [0.1, 0.15) is 5.78 Å². The Morgan fingerprint density at radius 1 is 1.31 bits per heavy atom. The monoisotopic (exact) mass is 220 g/mol. The molecule has 0 aliphatic heterocycles. The van der Waals surface area contributed by atoms with Crippen molar-refractivity contribution in [3.8, 4) is 0 Å². The number of carbonyl (C=O) groups is 1. The second-order valence-corrected chi connectivity index (χ2v) is 5.16. The standard InChI is InChI=1S/C15H24O/c1-12(2)6-4-7-13(3)10-11-14-8-5-9-15(14)16/h6,10,14H,4-5,7-9,11H2,1-3H3/b13-10-/t14-/m0/s1. The largest absolute Gasteiger partial charge is 0.299 e. The van der Waals surface area contributed by atoms with E-state index in [-0.39, 0.29) is 0 Å². The number of allylic oxidation sites excluding steroid dienone is 4. The molecule has 0 bridgehead atoms. The topological polar surface area (TPSA) is 17.1 Å². The Labute approximate surface area is 99.6 Å². The zero-order valence-electron chi connectivity index (χ0n) is 10.9. The molecule has 1 rings (SSSR count). The minimum atomic E-state index is 0.332. The number of ketones is 1. The SMILES string of the molecule is CC(C)=CCC/C(C)=C\C[C@@H]1CCCC1=O. The van der Waals surface area contributed by atoms with Crippen LogP contribution in [0.2, 0.25) is 0 Å². The van der Waals surface area contributed by atoms with E-state index in [0.29, 0.717) is 11.7 Å². The van der Waals surface area contributed by atoms with Gasteiger partial charge in [-0.05, 0) is 52.9 Å². The van der Waals surface area contributed by atoms with Gasteiger partial charge in [-0.2, -0.15) is 0 Å².